The van der Waals surface area contributed by atoms with Gasteiger partial charge in [-0.3, -0.25) is 0 Å². The van der Waals surface area contributed by atoms with Crippen molar-refractivity contribution in [3.05, 3.63) is 41.7 Å². The predicted molar refractivity (Wildman–Crippen MR) is 82.2 cm³/mol. The van der Waals surface area contributed by atoms with Crippen LogP contribution in [0.3, 0.4) is 0 Å². The molecule has 106 valence electrons. The lowest BCUT2D eigenvalue weighted by atomic mass is 10.2. The van der Waals surface area contributed by atoms with Gasteiger partial charge in [-0.25, -0.2) is 9.97 Å². The molecule has 0 spiro atoms. The Kier molecular flexibility index (Phi) is 5.38. The molecule has 0 fully saturated rings. The van der Waals surface area contributed by atoms with Crippen molar-refractivity contribution in [1.29, 1.82) is 0 Å². The second kappa shape index (κ2) is 7.26. The minimum atomic E-state index is 0.417. The fraction of sp³-hybridized carbons (Fsp3) is 0.333. The number of ether oxygens (including phenoxy) is 1. The Hall–Kier alpha value is -1.59. The van der Waals surface area contributed by atoms with Crippen molar-refractivity contribution < 1.29 is 4.74 Å². The molecule has 1 N–H and O–H groups in total. The molecule has 2 aromatic rings. The van der Waals surface area contributed by atoms with Crippen LogP contribution in [-0.2, 0) is 11.3 Å². The first-order chi connectivity index (χ1) is 9.71. The van der Waals surface area contributed by atoms with Crippen LogP contribution in [0.4, 0.5) is 5.82 Å². The summed E-state index contributed by atoms with van der Waals surface area (Å²) in [6.45, 7) is 5.38. The smallest absolute Gasteiger partial charge is 0.157 e. The fourth-order valence-electron chi connectivity index (χ4n) is 1.72. The molecule has 1 aromatic heterocycles. The van der Waals surface area contributed by atoms with Crippen LogP contribution in [0, 0.1) is 6.92 Å². The highest BCUT2D eigenvalue weighted by molar-refractivity contribution is 7.99. The summed E-state index contributed by atoms with van der Waals surface area (Å²) in [5, 5.41) is 4.14. The Bertz CT molecular complexity index is 533. The Morgan fingerprint density at radius 1 is 1.20 bits per heavy atom. The minimum Gasteiger partial charge on any atom is -0.377 e. The van der Waals surface area contributed by atoms with Crippen molar-refractivity contribution in [2.24, 2.45) is 0 Å². The average Bonchev–Trinajstić information content (AvgIpc) is 2.42. The maximum absolute atomic E-state index is 5.12. The molecular formula is C15H19N3OS. The summed E-state index contributed by atoms with van der Waals surface area (Å²) in [5.74, 6) is 1.53. The quantitative estimate of drug-likeness (QED) is 0.825. The maximum atomic E-state index is 5.12. The Labute approximate surface area is 124 Å². The second-order valence-corrected chi connectivity index (χ2v) is 5.48. The largest absolute Gasteiger partial charge is 0.377 e. The Morgan fingerprint density at radius 2 is 1.95 bits per heavy atom. The Morgan fingerprint density at radius 3 is 2.60 bits per heavy atom. The zero-order valence-electron chi connectivity index (χ0n) is 12.0. The van der Waals surface area contributed by atoms with Gasteiger partial charge in [0.05, 0.1) is 0 Å². The summed E-state index contributed by atoms with van der Waals surface area (Å²) in [4.78, 5) is 10.1. The number of hydrogen-bond acceptors (Lipinski definition) is 5. The van der Waals surface area contributed by atoms with Crippen molar-refractivity contribution in [2.45, 2.75) is 30.4 Å². The van der Waals surface area contributed by atoms with Crippen LogP contribution >= 0.6 is 11.8 Å². The van der Waals surface area contributed by atoms with Crippen molar-refractivity contribution in [3.8, 4) is 0 Å². The molecule has 5 heteroatoms. The molecule has 1 heterocycles. The van der Waals surface area contributed by atoms with E-state index in [0.717, 1.165) is 17.4 Å². The highest BCUT2D eigenvalue weighted by Gasteiger charge is 2.06. The summed E-state index contributed by atoms with van der Waals surface area (Å²) < 4.78 is 5.12. The molecular weight excluding hydrogens is 270 g/mol. The van der Waals surface area contributed by atoms with E-state index in [1.165, 1.54) is 10.5 Å². The van der Waals surface area contributed by atoms with Crippen LogP contribution in [0.2, 0.25) is 0 Å². The van der Waals surface area contributed by atoms with Gasteiger partial charge in [-0.05, 0) is 26.0 Å². The van der Waals surface area contributed by atoms with Gasteiger partial charge in [-0.15, -0.1) is 0 Å². The molecule has 0 saturated carbocycles. The van der Waals surface area contributed by atoms with E-state index >= 15 is 0 Å². The van der Waals surface area contributed by atoms with E-state index in [9.17, 15) is 0 Å². The van der Waals surface area contributed by atoms with Crippen molar-refractivity contribution in [3.63, 3.8) is 0 Å². The monoisotopic (exact) mass is 289 g/mol. The topological polar surface area (TPSA) is 47.0 Å². The van der Waals surface area contributed by atoms with E-state index in [4.69, 9.17) is 4.74 Å². The van der Waals surface area contributed by atoms with Gasteiger partial charge in [0.2, 0.25) is 0 Å². The lowest BCUT2D eigenvalue weighted by Crippen LogP contribution is -2.05. The number of nitrogens with one attached hydrogen (secondary N) is 1. The van der Waals surface area contributed by atoms with Gasteiger partial charge in [0.25, 0.3) is 0 Å². The number of methoxy groups -OCH3 is 1. The molecule has 0 aliphatic carbocycles. The number of anilines is 1. The van der Waals surface area contributed by atoms with E-state index in [1.54, 1.807) is 18.9 Å². The summed E-state index contributed by atoms with van der Waals surface area (Å²) >= 11 is 1.63. The first kappa shape index (κ1) is 14.8. The van der Waals surface area contributed by atoms with Crippen LogP contribution in [0.25, 0.3) is 0 Å². The summed E-state index contributed by atoms with van der Waals surface area (Å²) in [6.07, 6.45) is 0. The van der Waals surface area contributed by atoms with Gasteiger partial charge in [-0.1, -0.05) is 29.5 Å². The van der Waals surface area contributed by atoms with E-state index in [0.29, 0.717) is 12.4 Å². The molecule has 20 heavy (non-hydrogen) atoms. The summed E-state index contributed by atoms with van der Waals surface area (Å²) in [7, 11) is 1.65. The molecule has 0 bridgehead atoms. The van der Waals surface area contributed by atoms with Gasteiger partial charge in [-0.2, -0.15) is 0 Å². The molecule has 4 nitrogen and oxygen atoms in total. The van der Waals surface area contributed by atoms with Gasteiger partial charge < -0.3 is 10.1 Å². The average molecular weight is 289 g/mol. The van der Waals surface area contributed by atoms with E-state index < -0.39 is 0 Å². The number of aryl methyl sites for hydroxylation is 1. The summed E-state index contributed by atoms with van der Waals surface area (Å²) in [6, 6.07) is 10.4. The van der Waals surface area contributed by atoms with E-state index in [1.807, 2.05) is 13.0 Å². The van der Waals surface area contributed by atoms with Crippen molar-refractivity contribution in [2.75, 3.05) is 19.0 Å². The van der Waals surface area contributed by atoms with Gasteiger partial charge in [0, 0.05) is 24.6 Å². The van der Waals surface area contributed by atoms with Crippen molar-refractivity contribution >= 4 is 17.6 Å². The van der Waals surface area contributed by atoms with Crippen LogP contribution in [0.5, 0.6) is 0 Å². The van der Waals surface area contributed by atoms with Crippen LogP contribution in [-0.4, -0.2) is 23.6 Å². The highest BCUT2D eigenvalue weighted by atomic mass is 32.2. The highest BCUT2D eigenvalue weighted by Crippen LogP contribution is 2.27. The van der Waals surface area contributed by atoms with E-state index in [2.05, 4.69) is 46.5 Å². The first-order valence-corrected chi connectivity index (χ1v) is 7.38. The maximum Gasteiger partial charge on any atom is 0.157 e. The normalized spacial score (nSPS) is 10.6. The van der Waals surface area contributed by atoms with Crippen LogP contribution in [0.1, 0.15) is 18.3 Å². The zero-order valence-corrected chi connectivity index (χ0v) is 12.8. The van der Waals surface area contributed by atoms with Gasteiger partial charge >= 0.3 is 0 Å². The third-order valence-corrected chi connectivity index (χ3v) is 3.55. The predicted octanol–water partition coefficient (Wildman–Crippen LogP) is 3.51. The molecule has 0 amide bonds. The SMILES string of the molecule is CCNc1cc(Sc2ccc(C)cc2)nc(COC)n1. The molecule has 0 atom stereocenters. The van der Waals surface area contributed by atoms with Gasteiger partial charge in [0.1, 0.15) is 17.5 Å². The lowest BCUT2D eigenvalue weighted by molar-refractivity contribution is 0.177. The first-order valence-electron chi connectivity index (χ1n) is 6.56. The van der Waals surface area contributed by atoms with Crippen molar-refractivity contribution in [1.82, 2.24) is 9.97 Å². The molecule has 0 saturated heterocycles. The van der Waals surface area contributed by atoms with Crippen LogP contribution < -0.4 is 5.32 Å². The number of nitrogens with zero attached hydrogens (tertiary/aromatic N) is 2. The molecule has 0 aliphatic heterocycles. The number of benzene rings is 1. The summed E-state index contributed by atoms with van der Waals surface area (Å²) in [5.41, 5.74) is 1.26. The third-order valence-electron chi connectivity index (χ3n) is 2.62. The second-order valence-electron chi connectivity index (χ2n) is 4.39. The number of aromatic nitrogens is 2. The van der Waals surface area contributed by atoms with Gasteiger partial charge in [0.15, 0.2) is 5.82 Å². The Balaban J connectivity index is 2.22. The molecule has 0 aliphatic rings. The lowest BCUT2D eigenvalue weighted by Gasteiger charge is -2.08. The van der Waals surface area contributed by atoms with Crippen LogP contribution in [0.15, 0.2) is 40.3 Å². The standard InChI is InChI=1S/C15H19N3OS/c1-4-16-13-9-15(18-14(17-13)10-19-3)20-12-7-5-11(2)6-8-12/h5-9H,4,10H2,1-3H3,(H,16,17,18). The number of rotatable bonds is 6. The molecule has 2 rings (SSSR count). The fourth-order valence-corrected chi connectivity index (χ4v) is 2.55. The van der Waals surface area contributed by atoms with E-state index in [-0.39, 0.29) is 0 Å². The third kappa shape index (κ3) is 4.21. The molecule has 0 radical (unpaired) electrons. The molecule has 1 aromatic carbocycles. The zero-order chi connectivity index (χ0) is 14.4. The molecule has 0 unspecified atom stereocenters. The minimum absolute atomic E-state index is 0.417. The number of hydrogen-bond donors (Lipinski definition) is 1.